The number of rotatable bonds is 9. The minimum absolute atomic E-state index is 0.0557. The Kier molecular flexibility index (Phi) is 8.10. The molecule has 0 saturated heterocycles. The van der Waals surface area contributed by atoms with Crippen LogP contribution in [0.3, 0.4) is 0 Å². The third-order valence-corrected chi connectivity index (χ3v) is 6.38. The summed E-state index contributed by atoms with van der Waals surface area (Å²) in [7, 11) is 0. The highest BCUT2D eigenvalue weighted by Gasteiger charge is 2.28. The summed E-state index contributed by atoms with van der Waals surface area (Å²) in [5.41, 5.74) is 4.42. The number of amides is 1. The van der Waals surface area contributed by atoms with Gasteiger partial charge < -0.3 is 10.6 Å². The van der Waals surface area contributed by atoms with Crippen molar-refractivity contribution in [3.8, 4) is 11.3 Å². The van der Waals surface area contributed by atoms with Gasteiger partial charge in [-0.3, -0.25) is 9.78 Å². The maximum atomic E-state index is 13.8. The Balaban J connectivity index is 1.42. The van der Waals surface area contributed by atoms with Gasteiger partial charge in [0.1, 0.15) is 11.5 Å². The fourth-order valence-corrected chi connectivity index (χ4v) is 4.24. The summed E-state index contributed by atoms with van der Waals surface area (Å²) in [5.74, 6) is -2.82. The quantitative estimate of drug-likeness (QED) is 0.242. The molecule has 38 heavy (non-hydrogen) atoms. The van der Waals surface area contributed by atoms with Crippen LogP contribution in [0, 0.1) is 12.7 Å². The lowest BCUT2D eigenvalue weighted by Gasteiger charge is -2.19. The zero-order valence-electron chi connectivity index (χ0n) is 21.4. The molecule has 0 saturated carbocycles. The summed E-state index contributed by atoms with van der Waals surface area (Å²) in [6, 6.07) is 17.6. The minimum Gasteiger partial charge on any atom is -0.362 e. The molecule has 1 atom stereocenters. The van der Waals surface area contributed by atoms with E-state index < -0.39 is 5.92 Å². The largest absolute Gasteiger partial charge is 0.362 e. The standard InChI is InChI=1S/C30H29F3N4O/c1-4-30(32,33)23-9-5-21(6-10-23)18-27(38)37-25-12-7-22(8-13-25)28-29(35-16-15-34-28)36-20(3)26-14-11-24(31)17-19(26)2/h5-17,20H,4,18H2,1-3H3,(H,35,36)(H,37,38). The van der Waals surface area contributed by atoms with E-state index in [4.69, 9.17) is 0 Å². The van der Waals surface area contributed by atoms with Crippen LogP contribution < -0.4 is 10.6 Å². The normalized spacial score (nSPS) is 12.2. The molecule has 0 aliphatic rings. The van der Waals surface area contributed by atoms with E-state index in [0.717, 1.165) is 16.7 Å². The minimum atomic E-state index is -2.88. The molecule has 8 heteroatoms. The third-order valence-electron chi connectivity index (χ3n) is 6.38. The molecule has 196 valence electrons. The fourth-order valence-electron chi connectivity index (χ4n) is 4.24. The first-order valence-corrected chi connectivity index (χ1v) is 12.4. The molecule has 4 aromatic rings. The highest BCUT2D eigenvalue weighted by atomic mass is 19.3. The molecule has 0 radical (unpaired) electrons. The SMILES string of the molecule is CCC(F)(F)c1ccc(CC(=O)Nc2ccc(-c3nccnc3NC(C)c3ccc(F)cc3C)cc2)cc1. The average Bonchev–Trinajstić information content (AvgIpc) is 2.89. The number of carbonyl (C=O) groups is 1. The number of carbonyl (C=O) groups excluding carboxylic acids is 1. The summed E-state index contributed by atoms with van der Waals surface area (Å²) in [6.45, 7) is 5.27. The van der Waals surface area contributed by atoms with Crippen molar-refractivity contribution in [2.75, 3.05) is 10.6 Å². The van der Waals surface area contributed by atoms with Gasteiger partial charge in [-0.1, -0.05) is 49.4 Å². The number of anilines is 2. The Morgan fingerprint density at radius 3 is 2.32 bits per heavy atom. The van der Waals surface area contributed by atoms with Crippen molar-refractivity contribution in [2.24, 2.45) is 0 Å². The number of nitrogens with zero attached hydrogens (tertiary/aromatic N) is 2. The van der Waals surface area contributed by atoms with E-state index in [0.29, 0.717) is 22.8 Å². The predicted molar refractivity (Wildman–Crippen MR) is 144 cm³/mol. The van der Waals surface area contributed by atoms with Crippen LogP contribution >= 0.6 is 0 Å². The molecule has 4 rings (SSSR count). The van der Waals surface area contributed by atoms with Crippen LogP contribution in [0.25, 0.3) is 11.3 Å². The van der Waals surface area contributed by atoms with E-state index in [1.165, 1.54) is 31.2 Å². The van der Waals surface area contributed by atoms with Gasteiger partial charge in [-0.25, -0.2) is 18.2 Å². The number of aromatic nitrogens is 2. The number of hydrogen-bond acceptors (Lipinski definition) is 4. The molecule has 0 aliphatic heterocycles. The molecule has 3 aromatic carbocycles. The first-order valence-electron chi connectivity index (χ1n) is 12.4. The molecular weight excluding hydrogens is 489 g/mol. The maximum Gasteiger partial charge on any atom is 0.273 e. The Hall–Kier alpha value is -4.20. The van der Waals surface area contributed by atoms with Gasteiger partial charge in [0.2, 0.25) is 5.91 Å². The van der Waals surface area contributed by atoms with Crippen LogP contribution in [0.2, 0.25) is 0 Å². The smallest absolute Gasteiger partial charge is 0.273 e. The summed E-state index contributed by atoms with van der Waals surface area (Å²) >= 11 is 0. The number of alkyl halides is 2. The molecule has 0 bridgehead atoms. The van der Waals surface area contributed by atoms with Gasteiger partial charge in [-0.15, -0.1) is 0 Å². The zero-order valence-corrected chi connectivity index (χ0v) is 21.4. The Morgan fingerprint density at radius 2 is 1.66 bits per heavy atom. The Bertz CT molecular complexity index is 1410. The molecule has 1 amide bonds. The van der Waals surface area contributed by atoms with Crippen molar-refractivity contribution < 1.29 is 18.0 Å². The van der Waals surface area contributed by atoms with E-state index in [9.17, 15) is 18.0 Å². The second kappa shape index (κ2) is 11.5. The second-order valence-electron chi connectivity index (χ2n) is 9.18. The van der Waals surface area contributed by atoms with Gasteiger partial charge in [0, 0.05) is 35.6 Å². The lowest BCUT2D eigenvalue weighted by molar-refractivity contribution is -0.115. The van der Waals surface area contributed by atoms with Crippen LogP contribution in [0.1, 0.15) is 48.6 Å². The van der Waals surface area contributed by atoms with Crippen molar-refractivity contribution in [3.63, 3.8) is 0 Å². The number of halogens is 3. The van der Waals surface area contributed by atoms with Gasteiger partial charge in [0.15, 0.2) is 5.82 Å². The molecule has 2 N–H and O–H groups in total. The van der Waals surface area contributed by atoms with Crippen LogP contribution in [-0.4, -0.2) is 15.9 Å². The van der Waals surface area contributed by atoms with Crippen molar-refractivity contribution >= 4 is 17.4 Å². The monoisotopic (exact) mass is 518 g/mol. The van der Waals surface area contributed by atoms with Gasteiger partial charge in [0.05, 0.1) is 12.5 Å². The topological polar surface area (TPSA) is 66.9 Å². The van der Waals surface area contributed by atoms with Crippen LogP contribution in [0.5, 0.6) is 0 Å². The number of hydrogen-bond donors (Lipinski definition) is 2. The number of nitrogens with one attached hydrogen (secondary N) is 2. The summed E-state index contributed by atoms with van der Waals surface area (Å²) < 4.78 is 41.1. The van der Waals surface area contributed by atoms with E-state index in [1.807, 2.05) is 26.0 Å². The summed E-state index contributed by atoms with van der Waals surface area (Å²) in [5, 5.41) is 6.20. The van der Waals surface area contributed by atoms with E-state index in [-0.39, 0.29) is 36.2 Å². The highest BCUT2D eigenvalue weighted by molar-refractivity contribution is 5.92. The Morgan fingerprint density at radius 1 is 0.974 bits per heavy atom. The van der Waals surface area contributed by atoms with Crippen LogP contribution in [-0.2, 0) is 17.1 Å². The van der Waals surface area contributed by atoms with Gasteiger partial charge >= 0.3 is 0 Å². The second-order valence-corrected chi connectivity index (χ2v) is 9.18. The number of benzene rings is 3. The van der Waals surface area contributed by atoms with Gasteiger partial charge in [-0.2, -0.15) is 0 Å². The molecule has 5 nitrogen and oxygen atoms in total. The van der Waals surface area contributed by atoms with Crippen LogP contribution in [0.15, 0.2) is 79.1 Å². The molecule has 1 heterocycles. The van der Waals surface area contributed by atoms with Gasteiger partial charge in [0.25, 0.3) is 5.92 Å². The average molecular weight is 519 g/mol. The highest BCUT2D eigenvalue weighted by Crippen LogP contribution is 2.32. The molecule has 1 aromatic heterocycles. The van der Waals surface area contributed by atoms with Crippen molar-refractivity contribution in [1.82, 2.24) is 9.97 Å². The fraction of sp³-hybridized carbons (Fsp3) is 0.233. The zero-order chi connectivity index (χ0) is 27.3. The van der Waals surface area contributed by atoms with E-state index in [2.05, 4.69) is 20.6 Å². The third kappa shape index (κ3) is 6.37. The molecule has 1 unspecified atom stereocenters. The first-order chi connectivity index (χ1) is 18.2. The van der Waals surface area contributed by atoms with Crippen molar-refractivity contribution in [2.45, 2.75) is 45.6 Å². The predicted octanol–water partition coefficient (Wildman–Crippen LogP) is 7.45. The van der Waals surface area contributed by atoms with Crippen molar-refractivity contribution in [1.29, 1.82) is 0 Å². The lowest BCUT2D eigenvalue weighted by atomic mass is 10.0. The molecular formula is C30H29F3N4O. The molecule has 0 fully saturated rings. The maximum absolute atomic E-state index is 13.8. The first kappa shape index (κ1) is 26.9. The van der Waals surface area contributed by atoms with Crippen molar-refractivity contribution in [3.05, 3.63) is 107 Å². The summed E-state index contributed by atoms with van der Waals surface area (Å²) in [4.78, 5) is 21.4. The number of aryl methyl sites for hydroxylation is 1. The van der Waals surface area contributed by atoms with Crippen LogP contribution in [0.4, 0.5) is 24.7 Å². The Labute approximate surface area is 220 Å². The van der Waals surface area contributed by atoms with Gasteiger partial charge in [-0.05, 0) is 54.8 Å². The molecule has 0 aliphatic carbocycles. The lowest BCUT2D eigenvalue weighted by Crippen LogP contribution is -2.15. The summed E-state index contributed by atoms with van der Waals surface area (Å²) in [6.07, 6.45) is 2.99. The van der Waals surface area contributed by atoms with E-state index >= 15 is 0 Å². The molecule has 0 spiro atoms. The van der Waals surface area contributed by atoms with E-state index in [1.54, 1.807) is 42.7 Å².